The molecule has 2 rings (SSSR count). The Hall–Kier alpha value is -1.02. The number of anilines is 1. The highest BCUT2D eigenvalue weighted by Gasteiger charge is 2.28. The first-order valence-corrected chi connectivity index (χ1v) is 5.18. The van der Waals surface area contributed by atoms with Gasteiger partial charge in [0, 0.05) is 5.69 Å². The summed E-state index contributed by atoms with van der Waals surface area (Å²) in [6.45, 7) is 4.18. The minimum atomic E-state index is -0.157. The molecule has 1 saturated carbocycles. The zero-order valence-electron chi connectivity index (χ0n) is 8.75. The fraction of sp³-hybridized carbons (Fsp3) is 0.500. The molecule has 76 valence electrons. The molecule has 0 aliphatic heterocycles. The van der Waals surface area contributed by atoms with Crippen molar-refractivity contribution in [2.75, 3.05) is 5.32 Å². The number of hydrogen-bond donors (Lipinski definition) is 2. The van der Waals surface area contributed by atoms with Crippen molar-refractivity contribution in [1.82, 2.24) is 0 Å². The topological polar surface area (TPSA) is 32.3 Å². The molecule has 2 N–H and O–H groups in total. The van der Waals surface area contributed by atoms with Gasteiger partial charge in [0.15, 0.2) is 0 Å². The molecule has 0 heterocycles. The quantitative estimate of drug-likeness (QED) is 0.751. The van der Waals surface area contributed by atoms with Gasteiger partial charge in [-0.15, -0.1) is 0 Å². The summed E-state index contributed by atoms with van der Waals surface area (Å²) in [5.74, 6) is 0. The first-order valence-electron chi connectivity index (χ1n) is 5.18. The molecule has 2 atom stereocenters. The second kappa shape index (κ2) is 3.62. The molecule has 0 amide bonds. The van der Waals surface area contributed by atoms with Gasteiger partial charge in [0.1, 0.15) is 0 Å². The Morgan fingerprint density at radius 2 is 2.07 bits per heavy atom. The van der Waals surface area contributed by atoms with Crippen molar-refractivity contribution in [2.24, 2.45) is 0 Å². The van der Waals surface area contributed by atoms with Gasteiger partial charge in [-0.1, -0.05) is 12.1 Å². The van der Waals surface area contributed by atoms with Gasteiger partial charge < -0.3 is 10.4 Å². The van der Waals surface area contributed by atoms with Crippen LogP contribution in [0.3, 0.4) is 0 Å². The highest BCUT2D eigenvalue weighted by Crippen LogP contribution is 2.26. The zero-order chi connectivity index (χ0) is 10.1. The number of benzene rings is 1. The molecule has 0 bridgehead atoms. The van der Waals surface area contributed by atoms with Crippen LogP contribution in [0.1, 0.15) is 24.0 Å². The van der Waals surface area contributed by atoms with Crippen LogP contribution in [0.15, 0.2) is 18.2 Å². The van der Waals surface area contributed by atoms with Gasteiger partial charge in [0.05, 0.1) is 12.1 Å². The third-order valence-electron chi connectivity index (χ3n) is 2.97. The molecular weight excluding hydrogens is 174 g/mol. The molecule has 2 heteroatoms. The lowest BCUT2D eigenvalue weighted by Gasteiger charge is -2.34. The third-order valence-corrected chi connectivity index (χ3v) is 2.97. The normalized spacial score (nSPS) is 25.6. The lowest BCUT2D eigenvalue weighted by atomic mass is 9.89. The molecule has 0 radical (unpaired) electrons. The molecule has 1 aliphatic rings. The molecule has 0 aromatic heterocycles. The monoisotopic (exact) mass is 191 g/mol. The van der Waals surface area contributed by atoms with E-state index in [0.29, 0.717) is 0 Å². The molecule has 0 spiro atoms. The summed E-state index contributed by atoms with van der Waals surface area (Å²) < 4.78 is 0. The Kier molecular flexibility index (Phi) is 2.46. The molecule has 1 aromatic rings. The Bertz CT molecular complexity index is 335. The van der Waals surface area contributed by atoms with Crippen molar-refractivity contribution in [3.63, 3.8) is 0 Å². The van der Waals surface area contributed by atoms with E-state index < -0.39 is 0 Å². The SMILES string of the molecule is Cc1ccc(C)c(NC2CCC2O)c1. The molecule has 1 aliphatic carbocycles. The minimum absolute atomic E-state index is 0.157. The number of aliphatic hydroxyl groups excluding tert-OH is 1. The van der Waals surface area contributed by atoms with Crippen molar-refractivity contribution < 1.29 is 5.11 Å². The van der Waals surface area contributed by atoms with E-state index in [0.717, 1.165) is 18.5 Å². The molecule has 1 fully saturated rings. The molecule has 1 aromatic carbocycles. The third kappa shape index (κ3) is 1.75. The second-order valence-electron chi connectivity index (χ2n) is 4.21. The second-order valence-corrected chi connectivity index (χ2v) is 4.21. The van der Waals surface area contributed by atoms with E-state index in [4.69, 9.17) is 0 Å². The van der Waals surface area contributed by atoms with Crippen molar-refractivity contribution in [3.05, 3.63) is 29.3 Å². The van der Waals surface area contributed by atoms with Crippen LogP contribution in [0, 0.1) is 13.8 Å². The van der Waals surface area contributed by atoms with Crippen LogP contribution in [0.4, 0.5) is 5.69 Å². The van der Waals surface area contributed by atoms with Crippen LogP contribution < -0.4 is 5.32 Å². The van der Waals surface area contributed by atoms with Gasteiger partial charge >= 0.3 is 0 Å². The lowest BCUT2D eigenvalue weighted by molar-refractivity contribution is 0.0786. The van der Waals surface area contributed by atoms with Crippen LogP contribution in [-0.2, 0) is 0 Å². The van der Waals surface area contributed by atoms with E-state index in [2.05, 4.69) is 37.4 Å². The van der Waals surface area contributed by atoms with Crippen LogP contribution in [-0.4, -0.2) is 17.3 Å². The number of aliphatic hydroxyl groups is 1. The van der Waals surface area contributed by atoms with Crippen molar-refractivity contribution in [2.45, 2.75) is 38.8 Å². The number of nitrogens with one attached hydrogen (secondary N) is 1. The summed E-state index contributed by atoms with van der Waals surface area (Å²) >= 11 is 0. The Morgan fingerprint density at radius 3 is 2.64 bits per heavy atom. The average Bonchev–Trinajstić information content (AvgIpc) is 2.17. The standard InChI is InChI=1S/C12H17NO/c1-8-3-4-9(2)11(7-8)13-10-5-6-12(10)14/h3-4,7,10,12-14H,5-6H2,1-2H3. The van der Waals surface area contributed by atoms with E-state index in [1.54, 1.807) is 0 Å². The van der Waals surface area contributed by atoms with Crippen LogP contribution in [0.2, 0.25) is 0 Å². The zero-order valence-corrected chi connectivity index (χ0v) is 8.75. The summed E-state index contributed by atoms with van der Waals surface area (Å²) in [5, 5.41) is 12.9. The summed E-state index contributed by atoms with van der Waals surface area (Å²) in [7, 11) is 0. The van der Waals surface area contributed by atoms with Crippen LogP contribution in [0.5, 0.6) is 0 Å². The highest BCUT2D eigenvalue weighted by atomic mass is 16.3. The number of aryl methyl sites for hydroxylation is 2. The molecular formula is C12H17NO. The Labute approximate surface area is 85.0 Å². The van der Waals surface area contributed by atoms with Gasteiger partial charge in [-0.25, -0.2) is 0 Å². The first-order chi connectivity index (χ1) is 6.66. The maximum atomic E-state index is 9.47. The molecule has 2 unspecified atom stereocenters. The lowest BCUT2D eigenvalue weighted by Crippen LogP contribution is -2.42. The van der Waals surface area contributed by atoms with Crippen LogP contribution >= 0.6 is 0 Å². The van der Waals surface area contributed by atoms with E-state index in [9.17, 15) is 5.11 Å². The highest BCUT2D eigenvalue weighted by molar-refractivity contribution is 5.53. The van der Waals surface area contributed by atoms with Gasteiger partial charge in [-0.2, -0.15) is 0 Å². The van der Waals surface area contributed by atoms with E-state index in [1.807, 2.05) is 0 Å². The predicted octanol–water partition coefficient (Wildman–Crippen LogP) is 2.24. The van der Waals surface area contributed by atoms with E-state index >= 15 is 0 Å². The van der Waals surface area contributed by atoms with E-state index in [1.165, 1.54) is 11.1 Å². The summed E-state index contributed by atoms with van der Waals surface area (Å²) in [5.41, 5.74) is 3.66. The van der Waals surface area contributed by atoms with Crippen molar-refractivity contribution in [1.29, 1.82) is 0 Å². The molecule has 0 saturated heterocycles. The molecule has 14 heavy (non-hydrogen) atoms. The number of rotatable bonds is 2. The van der Waals surface area contributed by atoms with E-state index in [-0.39, 0.29) is 12.1 Å². The maximum Gasteiger partial charge on any atom is 0.0741 e. The first kappa shape index (κ1) is 9.53. The average molecular weight is 191 g/mol. The van der Waals surface area contributed by atoms with Gasteiger partial charge in [-0.3, -0.25) is 0 Å². The maximum absolute atomic E-state index is 9.47. The molecule has 2 nitrogen and oxygen atoms in total. The Balaban J connectivity index is 2.11. The largest absolute Gasteiger partial charge is 0.391 e. The predicted molar refractivity (Wildman–Crippen MR) is 58.6 cm³/mol. The fourth-order valence-corrected chi connectivity index (χ4v) is 1.74. The Morgan fingerprint density at radius 1 is 1.29 bits per heavy atom. The van der Waals surface area contributed by atoms with Gasteiger partial charge in [0.2, 0.25) is 0 Å². The van der Waals surface area contributed by atoms with Gasteiger partial charge in [0.25, 0.3) is 0 Å². The summed E-state index contributed by atoms with van der Waals surface area (Å²) in [6.07, 6.45) is 1.85. The van der Waals surface area contributed by atoms with Crippen molar-refractivity contribution >= 4 is 5.69 Å². The fourth-order valence-electron chi connectivity index (χ4n) is 1.74. The summed E-state index contributed by atoms with van der Waals surface area (Å²) in [4.78, 5) is 0. The number of hydrogen-bond acceptors (Lipinski definition) is 2. The van der Waals surface area contributed by atoms with Crippen molar-refractivity contribution in [3.8, 4) is 0 Å². The smallest absolute Gasteiger partial charge is 0.0741 e. The minimum Gasteiger partial charge on any atom is -0.391 e. The van der Waals surface area contributed by atoms with Gasteiger partial charge in [-0.05, 0) is 43.9 Å². The van der Waals surface area contributed by atoms with Crippen LogP contribution in [0.25, 0.3) is 0 Å². The summed E-state index contributed by atoms with van der Waals surface area (Å²) in [6, 6.07) is 6.62.